The van der Waals surface area contributed by atoms with E-state index in [9.17, 15) is 9.90 Å². The van der Waals surface area contributed by atoms with Crippen LogP contribution in [0.15, 0.2) is 6.07 Å². The number of carbonyl (C=O) groups is 1. The number of hydrogen-bond acceptors (Lipinski definition) is 5. The highest BCUT2D eigenvalue weighted by molar-refractivity contribution is 5.92. The van der Waals surface area contributed by atoms with Crippen LogP contribution in [0, 0.1) is 12.3 Å². The minimum Gasteiger partial charge on any atom is -0.393 e. The zero-order valence-electron chi connectivity index (χ0n) is 12.8. The fourth-order valence-corrected chi connectivity index (χ4v) is 2.08. The van der Waals surface area contributed by atoms with Crippen LogP contribution in [0.3, 0.4) is 0 Å². The Morgan fingerprint density at radius 2 is 2.10 bits per heavy atom. The van der Waals surface area contributed by atoms with E-state index in [1.807, 2.05) is 20.8 Å². The van der Waals surface area contributed by atoms with Gasteiger partial charge in [0, 0.05) is 19.3 Å². The molecule has 0 saturated heterocycles. The quantitative estimate of drug-likeness (QED) is 0.732. The monoisotopic (exact) mass is 280 g/mol. The second-order valence-corrected chi connectivity index (χ2v) is 5.87. The number of amides is 1. The van der Waals surface area contributed by atoms with Crippen LogP contribution in [-0.2, 0) is 0 Å². The summed E-state index contributed by atoms with van der Waals surface area (Å²) in [6.07, 6.45) is 0.233. The summed E-state index contributed by atoms with van der Waals surface area (Å²) in [4.78, 5) is 20.4. The van der Waals surface area contributed by atoms with E-state index in [0.29, 0.717) is 24.6 Å². The standard InChI is InChI=1S/C14H24N4O2/c1-9-6-11(18-13(15-5)17-9)12(20)16-8-14(3,4)7-10(2)19/h6,10,19H,7-8H2,1-5H3,(H,16,20)(H,15,17,18)/t10-/m1/s1. The first-order chi connectivity index (χ1) is 9.23. The molecule has 0 aliphatic heterocycles. The van der Waals surface area contributed by atoms with Crippen LogP contribution in [0.5, 0.6) is 0 Å². The number of aliphatic hydroxyl groups excluding tert-OH is 1. The van der Waals surface area contributed by atoms with Crippen molar-refractivity contribution in [2.24, 2.45) is 5.41 Å². The van der Waals surface area contributed by atoms with E-state index in [1.165, 1.54) is 0 Å². The lowest BCUT2D eigenvalue weighted by Gasteiger charge is -2.26. The molecule has 0 aliphatic rings. The fraction of sp³-hybridized carbons (Fsp3) is 0.643. The number of aliphatic hydroxyl groups is 1. The largest absolute Gasteiger partial charge is 0.393 e. The van der Waals surface area contributed by atoms with Gasteiger partial charge in [-0.05, 0) is 31.7 Å². The van der Waals surface area contributed by atoms with Gasteiger partial charge in [-0.15, -0.1) is 0 Å². The second kappa shape index (κ2) is 6.65. The van der Waals surface area contributed by atoms with Crippen LogP contribution >= 0.6 is 0 Å². The second-order valence-electron chi connectivity index (χ2n) is 5.87. The molecule has 0 bridgehead atoms. The number of rotatable bonds is 6. The van der Waals surface area contributed by atoms with Crippen LogP contribution < -0.4 is 10.6 Å². The summed E-state index contributed by atoms with van der Waals surface area (Å²) in [6.45, 7) is 8.05. The molecule has 20 heavy (non-hydrogen) atoms. The highest BCUT2D eigenvalue weighted by atomic mass is 16.3. The van der Waals surface area contributed by atoms with Gasteiger partial charge in [-0.3, -0.25) is 4.79 Å². The molecular weight excluding hydrogens is 256 g/mol. The van der Waals surface area contributed by atoms with Gasteiger partial charge < -0.3 is 15.7 Å². The maximum Gasteiger partial charge on any atom is 0.270 e. The van der Waals surface area contributed by atoms with Crippen molar-refractivity contribution in [1.82, 2.24) is 15.3 Å². The van der Waals surface area contributed by atoms with E-state index in [4.69, 9.17) is 0 Å². The number of nitrogens with one attached hydrogen (secondary N) is 2. The fourth-order valence-electron chi connectivity index (χ4n) is 2.08. The molecule has 6 heteroatoms. The number of anilines is 1. The molecule has 1 aromatic rings. The Morgan fingerprint density at radius 1 is 1.45 bits per heavy atom. The van der Waals surface area contributed by atoms with Crippen molar-refractivity contribution in [3.05, 3.63) is 17.5 Å². The summed E-state index contributed by atoms with van der Waals surface area (Å²) in [7, 11) is 1.71. The molecule has 1 rings (SSSR count). The smallest absolute Gasteiger partial charge is 0.270 e. The van der Waals surface area contributed by atoms with Crippen molar-refractivity contribution >= 4 is 11.9 Å². The predicted octanol–water partition coefficient (Wildman–Crippen LogP) is 1.35. The van der Waals surface area contributed by atoms with Crippen LogP contribution in [0.2, 0.25) is 0 Å². The molecule has 1 atom stereocenters. The Kier molecular flexibility index (Phi) is 5.44. The third-order valence-electron chi connectivity index (χ3n) is 2.89. The van der Waals surface area contributed by atoms with Crippen molar-refractivity contribution in [1.29, 1.82) is 0 Å². The lowest BCUT2D eigenvalue weighted by Crippen LogP contribution is -2.36. The average molecular weight is 280 g/mol. The van der Waals surface area contributed by atoms with E-state index >= 15 is 0 Å². The molecule has 0 aromatic carbocycles. The first-order valence-electron chi connectivity index (χ1n) is 6.73. The summed E-state index contributed by atoms with van der Waals surface area (Å²) >= 11 is 0. The van der Waals surface area contributed by atoms with E-state index < -0.39 is 0 Å². The molecule has 0 fully saturated rings. The van der Waals surface area contributed by atoms with Gasteiger partial charge in [0.1, 0.15) is 5.69 Å². The number of hydrogen-bond donors (Lipinski definition) is 3. The lowest BCUT2D eigenvalue weighted by atomic mass is 9.87. The van der Waals surface area contributed by atoms with Gasteiger partial charge in [-0.2, -0.15) is 0 Å². The maximum atomic E-state index is 12.1. The summed E-state index contributed by atoms with van der Waals surface area (Å²) < 4.78 is 0. The molecule has 1 aromatic heterocycles. The number of carbonyl (C=O) groups excluding carboxylic acids is 1. The highest BCUT2D eigenvalue weighted by Crippen LogP contribution is 2.21. The Balaban J connectivity index is 2.70. The van der Waals surface area contributed by atoms with Crippen molar-refractivity contribution in [2.45, 2.75) is 40.2 Å². The van der Waals surface area contributed by atoms with Gasteiger partial charge in [0.15, 0.2) is 0 Å². The van der Waals surface area contributed by atoms with Gasteiger partial charge in [0.2, 0.25) is 5.95 Å². The average Bonchev–Trinajstić information content (AvgIpc) is 2.33. The van der Waals surface area contributed by atoms with Gasteiger partial charge in [0.05, 0.1) is 6.10 Å². The molecular formula is C14H24N4O2. The molecule has 112 valence electrons. The Bertz CT molecular complexity index is 472. The number of aryl methyl sites for hydroxylation is 1. The first kappa shape index (κ1) is 16.4. The van der Waals surface area contributed by atoms with Crippen molar-refractivity contribution in [2.75, 3.05) is 18.9 Å². The molecule has 0 spiro atoms. The van der Waals surface area contributed by atoms with Crippen LogP contribution in [0.4, 0.5) is 5.95 Å². The van der Waals surface area contributed by atoms with E-state index in [2.05, 4.69) is 20.6 Å². The minimum absolute atomic E-state index is 0.169. The van der Waals surface area contributed by atoms with Crippen molar-refractivity contribution in [3.8, 4) is 0 Å². The van der Waals surface area contributed by atoms with Crippen molar-refractivity contribution < 1.29 is 9.90 Å². The molecule has 0 unspecified atom stereocenters. The molecule has 1 amide bonds. The molecule has 6 nitrogen and oxygen atoms in total. The summed E-state index contributed by atoms with van der Waals surface area (Å²) in [5, 5.41) is 15.1. The zero-order chi connectivity index (χ0) is 15.3. The van der Waals surface area contributed by atoms with E-state index in [1.54, 1.807) is 20.0 Å². The highest BCUT2D eigenvalue weighted by Gasteiger charge is 2.22. The summed E-state index contributed by atoms with van der Waals surface area (Å²) in [6, 6.07) is 1.65. The lowest BCUT2D eigenvalue weighted by molar-refractivity contribution is 0.0897. The molecule has 0 aliphatic carbocycles. The van der Waals surface area contributed by atoms with Gasteiger partial charge >= 0.3 is 0 Å². The Labute approximate surface area is 120 Å². The SMILES string of the molecule is CNc1nc(C)cc(C(=O)NCC(C)(C)C[C@@H](C)O)n1. The third kappa shape index (κ3) is 5.13. The molecule has 0 saturated carbocycles. The van der Waals surface area contributed by atoms with E-state index in [0.717, 1.165) is 5.69 Å². The van der Waals surface area contributed by atoms with Crippen molar-refractivity contribution in [3.63, 3.8) is 0 Å². The number of aromatic nitrogens is 2. The first-order valence-corrected chi connectivity index (χ1v) is 6.73. The summed E-state index contributed by atoms with van der Waals surface area (Å²) in [5.41, 5.74) is 0.907. The van der Waals surface area contributed by atoms with E-state index in [-0.39, 0.29) is 17.4 Å². The van der Waals surface area contributed by atoms with Gasteiger partial charge in [-0.1, -0.05) is 13.8 Å². The van der Waals surface area contributed by atoms with Crippen LogP contribution in [0.1, 0.15) is 43.4 Å². The van der Waals surface area contributed by atoms with Crippen LogP contribution in [0.25, 0.3) is 0 Å². The number of nitrogens with zero attached hydrogens (tertiary/aromatic N) is 2. The van der Waals surface area contributed by atoms with Gasteiger partial charge in [-0.25, -0.2) is 9.97 Å². The molecule has 3 N–H and O–H groups in total. The normalized spacial score (nSPS) is 12.9. The Morgan fingerprint density at radius 3 is 2.65 bits per heavy atom. The minimum atomic E-state index is -0.390. The topological polar surface area (TPSA) is 87.1 Å². The van der Waals surface area contributed by atoms with Crippen LogP contribution in [-0.4, -0.2) is 40.7 Å². The zero-order valence-corrected chi connectivity index (χ0v) is 12.8. The van der Waals surface area contributed by atoms with Gasteiger partial charge in [0.25, 0.3) is 5.91 Å². The summed E-state index contributed by atoms with van der Waals surface area (Å²) in [5.74, 6) is 0.198. The Hall–Kier alpha value is -1.69. The molecule has 0 radical (unpaired) electrons. The maximum absolute atomic E-state index is 12.1. The molecule has 1 heterocycles. The predicted molar refractivity (Wildman–Crippen MR) is 78.7 cm³/mol. The third-order valence-corrected chi connectivity index (χ3v) is 2.89.